The number of nitro groups is 1. The molecule has 2 aromatic rings. The Bertz CT molecular complexity index is 1050. The van der Waals surface area contributed by atoms with Gasteiger partial charge in [0.15, 0.2) is 0 Å². The highest BCUT2D eigenvalue weighted by Crippen LogP contribution is 2.45. The molecule has 9 nitrogen and oxygen atoms in total. The number of ether oxygens (including phenoxy) is 1. The van der Waals surface area contributed by atoms with Crippen LogP contribution in [0.4, 0.5) is 5.69 Å². The Kier molecular flexibility index (Phi) is 16.8. The zero-order valence-electron chi connectivity index (χ0n) is 24.6. The number of non-ortho nitro benzene ring substituents is 1. The molecule has 0 aliphatic heterocycles. The monoisotopic (exact) mass is 590 g/mol. The van der Waals surface area contributed by atoms with Crippen LogP contribution in [0.3, 0.4) is 0 Å². The van der Waals surface area contributed by atoms with Crippen molar-refractivity contribution in [3.8, 4) is 11.5 Å². The number of hydrogen-bond donors (Lipinski definition) is 1. The van der Waals surface area contributed by atoms with Gasteiger partial charge in [-0.1, -0.05) is 109 Å². The Labute approximate surface area is 245 Å². The Morgan fingerprint density at radius 1 is 0.780 bits per heavy atom. The van der Waals surface area contributed by atoms with Crippen LogP contribution in [0.1, 0.15) is 104 Å². The van der Waals surface area contributed by atoms with Crippen molar-refractivity contribution in [3.05, 3.63) is 64.7 Å². The lowest BCUT2D eigenvalue weighted by Crippen LogP contribution is -2.36. The van der Waals surface area contributed by atoms with E-state index in [-0.39, 0.29) is 23.8 Å². The van der Waals surface area contributed by atoms with Gasteiger partial charge in [-0.3, -0.25) is 14.9 Å². The number of carbonyl (C=O) groups is 1. The number of esters is 1. The number of nitro benzene ring substituents is 1. The van der Waals surface area contributed by atoms with Crippen LogP contribution in [0.25, 0.3) is 0 Å². The van der Waals surface area contributed by atoms with Gasteiger partial charge < -0.3 is 13.8 Å². The number of carbonyl (C=O) groups excluding carboxylic acids is 1. The molecule has 2 aromatic carbocycles. The minimum absolute atomic E-state index is 0.0883. The van der Waals surface area contributed by atoms with E-state index >= 15 is 0 Å². The molecule has 0 radical (unpaired) electrons. The molecule has 0 spiro atoms. The van der Waals surface area contributed by atoms with E-state index in [0.717, 1.165) is 19.3 Å². The highest BCUT2D eigenvalue weighted by molar-refractivity contribution is 7.52. The molecular weight excluding hydrogens is 543 g/mol. The normalized spacial score (nSPS) is 13.2. The standard InChI is InChI=1S/C31H47N2O7P/c1-3-4-5-6-7-8-9-10-11-12-13-14-15-19-26-38-31(34)27(2)32-41(37,39-29-20-17-16-18-21-29)40-30-24-22-28(23-25-30)33(35)36/h16-18,20-25,27H,3-15,19,26H2,1-2H3,(H,32,37)/t27-,41?/m0/s1. The van der Waals surface area contributed by atoms with Gasteiger partial charge in [0.25, 0.3) is 5.69 Å². The van der Waals surface area contributed by atoms with Crippen molar-refractivity contribution >= 4 is 19.4 Å². The van der Waals surface area contributed by atoms with Crippen LogP contribution in [0.15, 0.2) is 54.6 Å². The summed E-state index contributed by atoms with van der Waals surface area (Å²) >= 11 is 0. The highest BCUT2D eigenvalue weighted by atomic mass is 31.2. The maximum atomic E-state index is 13.6. The average molecular weight is 591 g/mol. The first kappa shape index (κ1) is 34.3. The Morgan fingerprint density at radius 2 is 1.24 bits per heavy atom. The third kappa shape index (κ3) is 15.1. The minimum atomic E-state index is -4.11. The van der Waals surface area contributed by atoms with E-state index in [1.54, 1.807) is 30.3 Å². The van der Waals surface area contributed by atoms with Crippen LogP contribution in [-0.2, 0) is 14.1 Å². The second-order valence-corrected chi connectivity index (χ2v) is 12.0. The summed E-state index contributed by atoms with van der Waals surface area (Å²) < 4.78 is 30.2. The number of nitrogens with zero attached hydrogens (tertiary/aromatic N) is 1. The second-order valence-electron chi connectivity index (χ2n) is 10.4. The summed E-state index contributed by atoms with van der Waals surface area (Å²) in [5.41, 5.74) is -0.135. The Hall–Kier alpha value is -2.90. The van der Waals surface area contributed by atoms with E-state index in [0.29, 0.717) is 0 Å². The molecule has 0 amide bonds. The van der Waals surface area contributed by atoms with E-state index < -0.39 is 24.7 Å². The first-order valence-electron chi connectivity index (χ1n) is 15.1. The molecule has 2 rings (SSSR count). The highest BCUT2D eigenvalue weighted by Gasteiger charge is 2.34. The summed E-state index contributed by atoms with van der Waals surface area (Å²) in [5, 5.41) is 13.6. The summed E-state index contributed by atoms with van der Waals surface area (Å²) in [4.78, 5) is 23.0. The average Bonchev–Trinajstić information content (AvgIpc) is 2.95. The Morgan fingerprint density at radius 3 is 1.73 bits per heavy atom. The summed E-state index contributed by atoms with van der Waals surface area (Å²) in [6, 6.07) is 12.5. The summed E-state index contributed by atoms with van der Waals surface area (Å²) in [7, 11) is -4.11. The first-order chi connectivity index (χ1) is 19.8. The molecule has 1 unspecified atom stereocenters. The van der Waals surface area contributed by atoms with E-state index in [9.17, 15) is 19.5 Å². The topological polar surface area (TPSA) is 117 Å². The van der Waals surface area contributed by atoms with Gasteiger partial charge in [0, 0.05) is 12.1 Å². The van der Waals surface area contributed by atoms with Crippen LogP contribution < -0.4 is 14.1 Å². The fourth-order valence-corrected chi connectivity index (χ4v) is 5.86. The van der Waals surface area contributed by atoms with Crippen molar-refractivity contribution in [1.29, 1.82) is 0 Å². The van der Waals surface area contributed by atoms with Gasteiger partial charge in [-0.2, -0.15) is 5.09 Å². The van der Waals surface area contributed by atoms with Crippen molar-refractivity contribution in [2.24, 2.45) is 0 Å². The molecule has 2 atom stereocenters. The van der Waals surface area contributed by atoms with Crippen molar-refractivity contribution in [2.45, 2.75) is 110 Å². The van der Waals surface area contributed by atoms with E-state index in [1.165, 1.54) is 102 Å². The maximum Gasteiger partial charge on any atom is 0.513 e. The number of unbranched alkanes of at least 4 members (excludes halogenated alkanes) is 13. The van der Waals surface area contributed by atoms with Gasteiger partial charge in [0.05, 0.1) is 11.5 Å². The van der Waals surface area contributed by atoms with E-state index in [1.807, 2.05) is 0 Å². The number of nitrogens with one attached hydrogen (secondary N) is 1. The lowest BCUT2D eigenvalue weighted by atomic mass is 10.0. The third-order valence-electron chi connectivity index (χ3n) is 6.69. The van der Waals surface area contributed by atoms with Crippen LogP contribution in [0, 0.1) is 10.1 Å². The predicted octanol–water partition coefficient (Wildman–Crippen LogP) is 9.16. The van der Waals surface area contributed by atoms with Crippen molar-refractivity contribution in [3.63, 3.8) is 0 Å². The lowest BCUT2D eigenvalue weighted by Gasteiger charge is -2.23. The largest absolute Gasteiger partial charge is 0.513 e. The van der Waals surface area contributed by atoms with E-state index in [2.05, 4.69) is 12.0 Å². The molecule has 1 N–H and O–H groups in total. The smallest absolute Gasteiger partial charge is 0.465 e. The van der Waals surface area contributed by atoms with Crippen LogP contribution >= 0.6 is 7.75 Å². The van der Waals surface area contributed by atoms with Gasteiger partial charge in [-0.25, -0.2) is 4.57 Å². The van der Waals surface area contributed by atoms with Gasteiger partial charge in [0.1, 0.15) is 17.5 Å². The fourth-order valence-electron chi connectivity index (χ4n) is 4.34. The Balaban J connectivity index is 1.69. The number of rotatable bonds is 23. The van der Waals surface area contributed by atoms with Crippen molar-refractivity contribution in [1.82, 2.24) is 5.09 Å². The summed E-state index contributed by atoms with van der Waals surface area (Å²) in [6.07, 6.45) is 17.4. The van der Waals surface area contributed by atoms with E-state index in [4.69, 9.17) is 13.8 Å². The lowest BCUT2D eigenvalue weighted by molar-refractivity contribution is -0.384. The quantitative estimate of drug-likeness (QED) is 0.0447. The second kappa shape index (κ2) is 20.1. The SMILES string of the molecule is CCCCCCCCCCCCCCCCOC(=O)[C@H](C)NP(=O)(Oc1ccccc1)Oc1ccc([N+](=O)[O-])cc1. The van der Waals surface area contributed by atoms with Crippen LogP contribution in [0.2, 0.25) is 0 Å². The molecule has 0 aromatic heterocycles. The van der Waals surface area contributed by atoms with Crippen molar-refractivity contribution < 1.29 is 28.1 Å². The van der Waals surface area contributed by atoms with Crippen LogP contribution in [-0.4, -0.2) is 23.5 Å². The van der Waals surface area contributed by atoms with Gasteiger partial charge in [0.2, 0.25) is 0 Å². The van der Waals surface area contributed by atoms with Crippen LogP contribution in [0.5, 0.6) is 11.5 Å². The molecule has 0 saturated carbocycles. The molecule has 0 fully saturated rings. The van der Waals surface area contributed by atoms with Gasteiger partial charge in [-0.15, -0.1) is 0 Å². The molecule has 0 heterocycles. The van der Waals surface area contributed by atoms with Gasteiger partial charge >= 0.3 is 13.7 Å². The zero-order valence-corrected chi connectivity index (χ0v) is 25.5. The molecule has 0 bridgehead atoms. The molecule has 0 saturated heterocycles. The van der Waals surface area contributed by atoms with Gasteiger partial charge in [-0.05, 0) is 37.6 Å². The zero-order chi connectivity index (χ0) is 29.8. The number of benzene rings is 2. The third-order valence-corrected chi connectivity index (χ3v) is 8.30. The predicted molar refractivity (Wildman–Crippen MR) is 162 cm³/mol. The number of hydrogen-bond acceptors (Lipinski definition) is 7. The first-order valence-corrected chi connectivity index (χ1v) is 16.6. The molecule has 0 aliphatic carbocycles. The molecule has 10 heteroatoms. The molecular formula is C31H47N2O7P. The van der Waals surface area contributed by atoms with Crippen molar-refractivity contribution in [2.75, 3.05) is 6.61 Å². The minimum Gasteiger partial charge on any atom is -0.465 e. The fraction of sp³-hybridized carbons (Fsp3) is 0.581. The maximum absolute atomic E-state index is 13.6. The molecule has 41 heavy (non-hydrogen) atoms. The molecule has 0 aliphatic rings. The number of para-hydroxylation sites is 1. The summed E-state index contributed by atoms with van der Waals surface area (Å²) in [5.74, 6) is -0.206. The molecule has 228 valence electrons. The summed E-state index contributed by atoms with van der Waals surface area (Å²) in [6.45, 7) is 4.06.